The highest BCUT2D eigenvalue weighted by Crippen LogP contribution is 2.05. The third-order valence-electron chi connectivity index (χ3n) is 2.56. The number of nitrogens with one attached hydrogen (secondary N) is 1. The highest BCUT2D eigenvalue weighted by atomic mass is 16.2. The second-order valence-electron chi connectivity index (χ2n) is 4.02. The van der Waals surface area contributed by atoms with Gasteiger partial charge in [-0.1, -0.05) is 31.2 Å². The monoisotopic (exact) mass is 247 g/mol. The number of amides is 2. The molecule has 0 saturated heterocycles. The Morgan fingerprint density at radius 2 is 1.72 bits per heavy atom. The summed E-state index contributed by atoms with van der Waals surface area (Å²) in [7, 11) is 0. The summed E-state index contributed by atoms with van der Waals surface area (Å²) >= 11 is 0. The number of imide groups is 1. The van der Waals surface area contributed by atoms with E-state index in [2.05, 4.69) is 12.2 Å². The van der Waals surface area contributed by atoms with E-state index in [-0.39, 0.29) is 25.2 Å². The van der Waals surface area contributed by atoms with Gasteiger partial charge in [-0.15, -0.1) is 0 Å². The Bertz CT molecular complexity index is 423. The molecule has 0 spiro atoms. The van der Waals surface area contributed by atoms with Crippen molar-refractivity contribution in [2.45, 2.75) is 32.6 Å². The molecule has 0 atom stereocenters. The summed E-state index contributed by atoms with van der Waals surface area (Å²) in [4.78, 5) is 32.8. The number of hydrogen-bond acceptors (Lipinski definition) is 3. The zero-order valence-electron chi connectivity index (χ0n) is 10.4. The van der Waals surface area contributed by atoms with E-state index in [1.807, 2.05) is 24.3 Å². The number of aldehydes is 1. The van der Waals surface area contributed by atoms with Gasteiger partial charge in [-0.25, -0.2) is 0 Å². The molecule has 0 aliphatic rings. The molecule has 0 aliphatic heterocycles. The lowest BCUT2D eigenvalue weighted by molar-refractivity contribution is -0.130. The Kier molecular flexibility index (Phi) is 5.77. The molecule has 4 heteroatoms. The molecule has 0 bridgehead atoms. The molecular formula is C14H17NO3. The van der Waals surface area contributed by atoms with E-state index in [9.17, 15) is 14.4 Å². The fourth-order valence-corrected chi connectivity index (χ4v) is 1.53. The van der Waals surface area contributed by atoms with Gasteiger partial charge < -0.3 is 4.79 Å². The van der Waals surface area contributed by atoms with Crippen LogP contribution in [0, 0.1) is 0 Å². The van der Waals surface area contributed by atoms with Gasteiger partial charge in [-0.05, 0) is 17.5 Å². The topological polar surface area (TPSA) is 63.2 Å². The summed E-state index contributed by atoms with van der Waals surface area (Å²) in [5.41, 5.74) is 2.08. The molecular weight excluding hydrogens is 230 g/mol. The van der Waals surface area contributed by atoms with Crippen LogP contribution in [0.1, 0.15) is 30.9 Å². The Morgan fingerprint density at radius 1 is 1.11 bits per heavy atom. The average Bonchev–Trinajstić information content (AvgIpc) is 2.37. The summed E-state index contributed by atoms with van der Waals surface area (Å²) in [5, 5.41) is 2.26. The van der Waals surface area contributed by atoms with Gasteiger partial charge in [-0.3, -0.25) is 14.9 Å². The number of rotatable bonds is 6. The third-order valence-corrected chi connectivity index (χ3v) is 2.56. The van der Waals surface area contributed by atoms with Crippen molar-refractivity contribution < 1.29 is 14.4 Å². The quantitative estimate of drug-likeness (QED) is 0.773. The molecule has 0 heterocycles. The van der Waals surface area contributed by atoms with Crippen molar-refractivity contribution in [3.8, 4) is 0 Å². The molecule has 18 heavy (non-hydrogen) atoms. The van der Waals surface area contributed by atoms with Gasteiger partial charge >= 0.3 is 0 Å². The second-order valence-corrected chi connectivity index (χ2v) is 4.02. The predicted molar refractivity (Wildman–Crippen MR) is 68.0 cm³/mol. The van der Waals surface area contributed by atoms with Crippen LogP contribution in [0.15, 0.2) is 24.3 Å². The van der Waals surface area contributed by atoms with Crippen LogP contribution < -0.4 is 5.32 Å². The van der Waals surface area contributed by atoms with Crippen LogP contribution in [0.3, 0.4) is 0 Å². The second kappa shape index (κ2) is 7.37. The number of benzene rings is 1. The van der Waals surface area contributed by atoms with E-state index >= 15 is 0 Å². The number of carbonyl (C=O) groups excluding carboxylic acids is 3. The molecule has 0 fully saturated rings. The fourth-order valence-electron chi connectivity index (χ4n) is 1.53. The van der Waals surface area contributed by atoms with Crippen LogP contribution in [-0.4, -0.2) is 18.1 Å². The van der Waals surface area contributed by atoms with Gasteiger partial charge in [0.05, 0.1) is 6.42 Å². The van der Waals surface area contributed by atoms with Crippen molar-refractivity contribution >= 4 is 18.1 Å². The lowest BCUT2D eigenvalue weighted by Gasteiger charge is -2.04. The van der Waals surface area contributed by atoms with E-state index < -0.39 is 5.91 Å². The Hall–Kier alpha value is -1.97. The standard InChI is InChI=1S/C14H17NO3/c1-2-11-5-7-12(8-6-11)10-14(18)15-13(17)4-3-9-16/h5-9H,2-4,10H2,1H3,(H,15,17,18). The minimum absolute atomic E-state index is 0.0595. The fraction of sp³-hybridized carbons (Fsp3) is 0.357. The lowest BCUT2D eigenvalue weighted by atomic mass is 10.1. The molecule has 0 radical (unpaired) electrons. The van der Waals surface area contributed by atoms with Gasteiger partial charge in [-0.2, -0.15) is 0 Å². The third kappa shape index (κ3) is 4.91. The van der Waals surface area contributed by atoms with Crippen LogP contribution in [0.5, 0.6) is 0 Å². The first kappa shape index (κ1) is 14.1. The molecule has 96 valence electrons. The SMILES string of the molecule is CCc1ccc(CC(=O)NC(=O)CCC=O)cc1. The molecule has 0 unspecified atom stereocenters. The van der Waals surface area contributed by atoms with Crippen LogP contribution in [-0.2, 0) is 27.2 Å². The van der Waals surface area contributed by atoms with Crippen molar-refractivity contribution in [2.24, 2.45) is 0 Å². The van der Waals surface area contributed by atoms with Crippen molar-refractivity contribution in [3.63, 3.8) is 0 Å². The highest BCUT2D eigenvalue weighted by molar-refractivity contribution is 5.96. The van der Waals surface area contributed by atoms with Gasteiger partial charge in [0.1, 0.15) is 6.29 Å². The molecule has 1 aromatic carbocycles. The maximum Gasteiger partial charge on any atom is 0.230 e. The maximum absolute atomic E-state index is 11.5. The molecule has 1 aromatic rings. The normalized spacial score (nSPS) is 9.83. The minimum atomic E-state index is -0.405. The first-order valence-corrected chi connectivity index (χ1v) is 5.99. The van der Waals surface area contributed by atoms with E-state index in [4.69, 9.17) is 0 Å². The summed E-state index contributed by atoms with van der Waals surface area (Å²) in [6.07, 6.45) is 2.00. The zero-order valence-corrected chi connectivity index (χ0v) is 10.4. The Balaban J connectivity index is 2.43. The maximum atomic E-state index is 11.5. The van der Waals surface area contributed by atoms with Crippen molar-refractivity contribution in [1.29, 1.82) is 0 Å². The highest BCUT2D eigenvalue weighted by Gasteiger charge is 2.08. The van der Waals surface area contributed by atoms with Gasteiger partial charge in [0.25, 0.3) is 0 Å². The first-order chi connectivity index (χ1) is 8.65. The van der Waals surface area contributed by atoms with Crippen molar-refractivity contribution in [2.75, 3.05) is 0 Å². The summed E-state index contributed by atoms with van der Waals surface area (Å²) in [6, 6.07) is 7.70. The molecule has 4 nitrogen and oxygen atoms in total. The predicted octanol–water partition coefficient (Wildman–Crippen LogP) is 1.41. The largest absolute Gasteiger partial charge is 0.303 e. The number of hydrogen-bond donors (Lipinski definition) is 1. The summed E-state index contributed by atoms with van der Waals surface area (Å²) in [5.74, 6) is -0.743. The first-order valence-electron chi connectivity index (χ1n) is 5.99. The Morgan fingerprint density at radius 3 is 2.28 bits per heavy atom. The van der Waals surface area contributed by atoms with Gasteiger partial charge in [0.15, 0.2) is 0 Å². The van der Waals surface area contributed by atoms with E-state index in [1.165, 1.54) is 5.56 Å². The van der Waals surface area contributed by atoms with E-state index in [0.717, 1.165) is 12.0 Å². The minimum Gasteiger partial charge on any atom is -0.303 e. The summed E-state index contributed by atoms with van der Waals surface area (Å²) in [6.45, 7) is 2.06. The number of carbonyl (C=O) groups is 3. The molecule has 0 aliphatic carbocycles. The van der Waals surface area contributed by atoms with Crippen LogP contribution in [0.4, 0.5) is 0 Å². The van der Waals surface area contributed by atoms with E-state index in [1.54, 1.807) is 0 Å². The van der Waals surface area contributed by atoms with E-state index in [0.29, 0.717) is 6.29 Å². The summed E-state index contributed by atoms with van der Waals surface area (Å²) < 4.78 is 0. The zero-order chi connectivity index (χ0) is 13.4. The Labute approximate surface area is 106 Å². The molecule has 0 aromatic heterocycles. The smallest absolute Gasteiger partial charge is 0.230 e. The molecule has 1 N–H and O–H groups in total. The van der Waals surface area contributed by atoms with Gasteiger partial charge in [0.2, 0.25) is 11.8 Å². The average molecular weight is 247 g/mol. The van der Waals surface area contributed by atoms with Gasteiger partial charge in [0, 0.05) is 12.8 Å². The number of aryl methyl sites for hydroxylation is 1. The van der Waals surface area contributed by atoms with Crippen LogP contribution in [0.2, 0.25) is 0 Å². The van der Waals surface area contributed by atoms with Crippen LogP contribution in [0.25, 0.3) is 0 Å². The van der Waals surface area contributed by atoms with Crippen molar-refractivity contribution in [3.05, 3.63) is 35.4 Å². The van der Waals surface area contributed by atoms with Crippen LogP contribution >= 0.6 is 0 Å². The van der Waals surface area contributed by atoms with Crippen molar-refractivity contribution in [1.82, 2.24) is 5.32 Å². The molecule has 0 saturated carbocycles. The molecule has 2 amide bonds. The molecule has 1 rings (SSSR count). The lowest BCUT2D eigenvalue weighted by Crippen LogP contribution is -2.31.